The van der Waals surface area contributed by atoms with Crippen molar-refractivity contribution < 1.29 is 22.7 Å². The fourth-order valence-corrected chi connectivity index (χ4v) is 6.90. The zero-order valence-electron chi connectivity index (χ0n) is 21.5. The first-order chi connectivity index (χ1) is 18.2. The van der Waals surface area contributed by atoms with Gasteiger partial charge >= 0.3 is 5.97 Å². The number of benzene rings is 1. The molecule has 2 N–H and O–H groups in total. The molecule has 2 heterocycles. The van der Waals surface area contributed by atoms with Crippen LogP contribution in [0.5, 0.6) is 5.88 Å². The predicted octanol–water partition coefficient (Wildman–Crippen LogP) is 5.76. The predicted molar refractivity (Wildman–Crippen MR) is 149 cm³/mol. The molecule has 12 heteroatoms. The van der Waals surface area contributed by atoms with Crippen molar-refractivity contribution in [3.63, 3.8) is 0 Å². The molecule has 204 valence electrons. The van der Waals surface area contributed by atoms with E-state index in [4.69, 9.17) is 21.1 Å². The Hall–Kier alpha value is -2.89. The highest BCUT2D eigenvalue weighted by molar-refractivity contribution is 7.92. The molecule has 1 saturated carbocycles. The van der Waals surface area contributed by atoms with Gasteiger partial charge in [0.2, 0.25) is 5.88 Å². The van der Waals surface area contributed by atoms with Gasteiger partial charge < -0.3 is 14.8 Å². The molecule has 0 bridgehead atoms. The second kappa shape index (κ2) is 12.3. The number of rotatable bonds is 10. The second-order valence-corrected chi connectivity index (χ2v) is 12.2. The highest BCUT2D eigenvalue weighted by Crippen LogP contribution is 2.37. The number of carbonyl (C=O) groups is 1. The van der Waals surface area contributed by atoms with Crippen LogP contribution in [0.1, 0.15) is 38.3 Å². The quantitative estimate of drug-likeness (QED) is 0.291. The van der Waals surface area contributed by atoms with E-state index in [0.29, 0.717) is 18.1 Å². The first-order valence-corrected chi connectivity index (χ1v) is 15.1. The van der Waals surface area contributed by atoms with Crippen LogP contribution in [0.2, 0.25) is 5.02 Å². The van der Waals surface area contributed by atoms with E-state index in [1.54, 1.807) is 30.5 Å². The molecule has 0 unspecified atom stereocenters. The standard InChI is InChI=1S/C26H31ClN4O5S2/c1-4-36-25(32)18-11-9-17(10-12-18)14-29-26-30-16(2)23(37-26)19-13-22(24(35-3)28-15-19)38(33,34)31-21-8-6-5-7-20(21)27/h5-8,13,15,17-18,31H,4,9-12,14H2,1-3H3,(H,29,30). The lowest BCUT2D eigenvalue weighted by molar-refractivity contribution is -0.149. The molecule has 1 aliphatic rings. The Labute approximate surface area is 232 Å². The Morgan fingerprint density at radius 1 is 1.21 bits per heavy atom. The van der Waals surface area contributed by atoms with E-state index < -0.39 is 10.0 Å². The lowest BCUT2D eigenvalue weighted by Crippen LogP contribution is -2.26. The molecule has 0 amide bonds. The summed E-state index contributed by atoms with van der Waals surface area (Å²) in [4.78, 5) is 21.6. The maximum absolute atomic E-state index is 13.2. The minimum Gasteiger partial charge on any atom is -0.480 e. The monoisotopic (exact) mass is 578 g/mol. The van der Waals surface area contributed by atoms with Gasteiger partial charge in [0, 0.05) is 18.3 Å². The highest BCUT2D eigenvalue weighted by Gasteiger charge is 2.28. The molecule has 38 heavy (non-hydrogen) atoms. The van der Waals surface area contributed by atoms with Gasteiger partial charge in [-0.05, 0) is 63.6 Å². The number of hydrogen-bond acceptors (Lipinski definition) is 9. The van der Waals surface area contributed by atoms with E-state index in [0.717, 1.165) is 47.9 Å². The van der Waals surface area contributed by atoms with Gasteiger partial charge in [-0.15, -0.1) is 0 Å². The molecule has 3 aromatic rings. The zero-order chi connectivity index (χ0) is 27.3. The topological polar surface area (TPSA) is 120 Å². The summed E-state index contributed by atoms with van der Waals surface area (Å²) in [6.45, 7) is 4.88. The summed E-state index contributed by atoms with van der Waals surface area (Å²) < 4.78 is 39.4. The number of halogens is 1. The molecule has 1 aliphatic carbocycles. The van der Waals surface area contributed by atoms with Gasteiger partial charge in [-0.2, -0.15) is 0 Å². The van der Waals surface area contributed by atoms with Gasteiger partial charge in [-0.25, -0.2) is 18.4 Å². The molecule has 0 atom stereocenters. The third-order valence-electron chi connectivity index (χ3n) is 6.49. The van der Waals surface area contributed by atoms with Crippen molar-refractivity contribution in [2.24, 2.45) is 11.8 Å². The summed E-state index contributed by atoms with van der Waals surface area (Å²) in [5.41, 5.74) is 1.64. The number of methoxy groups -OCH3 is 1. The van der Waals surface area contributed by atoms with E-state index in [2.05, 4.69) is 20.0 Å². The summed E-state index contributed by atoms with van der Waals surface area (Å²) in [5.74, 6) is 0.340. The van der Waals surface area contributed by atoms with Crippen molar-refractivity contribution in [2.75, 3.05) is 30.3 Å². The molecule has 4 rings (SSSR count). The molecule has 9 nitrogen and oxygen atoms in total. The van der Waals surface area contributed by atoms with Crippen LogP contribution in [0.4, 0.5) is 10.8 Å². The molecule has 2 aromatic heterocycles. The number of anilines is 2. The molecule has 0 spiro atoms. The summed E-state index contributed by atoms with van der Waals surface area (Å²) >= 11 is 7.59. The minimum absolute atomic E-state index is 0.000336. The summed E-state index contributed by atoms with van der Waals surface area (Å²) in [7, 11) is -2.67. The number of esters is 1. The molecule has 0 radical (unpaired) electrons. The Bertz CT molecular complexity index is 1390. The van der Waals surface area contributed by atoms with E-state index in [-0.39, 0.29) is 33.4 Å². The van der Waals surface area contributed by atoms with Crippen molar-refractivity contribution in [1.29, 1.82) is 0 Å². The number of aryl methyl sites for hydroxylation is 1. The molecule has 0 aliphatic heterocycles. The summed E-state index contributed by atoms with van der Waals surface area (Å²) in [5, 5.41) is 4.45. The maximum atomic E-state index is 13.2. The Morgan fingerprint density at radius 3 is 2.63 bits per heavy atom. The van der Waals surface area contributed by atoms with Crippen molar-refractivity contribution >= 4 is 49.7 Å². The van der Waals surface area contributed by atoms with E-state index >= 15 is 0 Å². The molecular formula is C26H31ClN4O5S2. The van der Waals surface area contributed by atoms with Crippen LogP contribution in [0.15, 0.2) is 41.4 Å². The normalized spacial score (nSPS) is 17.6. The second-order valence-electron chi connectivity index (χ2n) is 9.10. The van der Waals surface area contributed by atoms with Crippen LogP contribution in [-0.4, -0.2) is 44.6 Å². The van der Waals surface area contributed by atoms with Gasteiger partial charge in [0.15, 0.2) is 5.13 Å². The van der Waals surface area contributed by atoms with E-state index in [9.17, 15) is 13.2 Å². The first kappa shape index (κ1) is 28.1. The van der Waals surface area contributed by atoms with Gasteiger partial charge in [0.05, 0.1) is 40.9 Å². The van der Waals surface area contributed by atoms with Gasteiger partial charge in [0.1, 0.15) is 4.90 Å². The third kappa shape index (κ3) is 6.57. The van der Waals surface area contributed by atoms with Crippen molar-refractivity contribution in [3.8, 4) is 16.3 Å². The van der Waals surface area contributed by atoms with E-state index in [1.807, 2.05) is 13.8 Å². The van der Waals surface area contributed by atoms with Crippen LogP contribution >= 0.6 is 22.9 Å². The van der Waals surface area contributed by atoms with Crippen molar-refractivity contribution in [2.45, 2.75) is 44.4 Å². The average Bonchev–Trinajstić information content (AvgIpc) is 3.29. The average molecular weight is 579 g/mol. The van der Waals surface area contributed by atoms with E-state index in [1.165, 1.54) is 24.5 Å². The Kier molecular flexibility index (Phi) is 9.11. The summed E-state index contributed by atoms with van der Waals surface area (Å²) in [6.07, 6.45) is 5.16. The lowest BCUT2D eigenvalue weighted by atomic mass is 9.82. The smallest absolute Gasteiger partial charge is 0.308 e. The number of ether oxygens (including phenoxy) is 2. The number of aromatic nitrogens is 2. The SMILES string of the molecule is CCOC(=O)C1CCC(CNc2nc(C)c(-c3cnc(OC)c(S(=O)(=O)Nc4ccccc4Cl)c3)s2)CC1. The molecular weight excluding hydrogens is 548 g/mol. The van der Waals surface area contributed by atoms with Gasteiger partial charge in [-0.1, -0.05) is 35.1 Å². The maximum Gasteiger partial charge on any atom is 0.308 e. The number of nitrogens with one attached hydrogen (secondary N) is 2. The number of pyridine rings is 1. The fraction of sp³-hybridized carbons (Fsp3) is 0.423. The van der Waals surface area contributed by atoms with Crippen LogP contribution in [0.25, 0.3) is 10.4 Å². The number of hydrogen-bond donors (Lipinski definition) is 2. The van der Waals surface area contributed by atoms with Crippen molar-refractivity contribution in [1.82, 2.24) is 9.97 Å². The van der Waals surface area contributed by atoms with Crippen LogP contribution in [0, 0.1) is 18.8 Å². The van der Waals surface area contributed by atoms with Gasteiger partial charge in [0.25, 0.3) is 10.0 Å². The van der Waals surface area contributed by atoms with Crippen molar-refractivity contribution in [3.05, 3.63) is 47.2 Å². The lowest BCUT2D eigenvalue weighted by Gasteiger charge is -2.27. The van der Waals surface area contributed by atoms with Gasteiger partial charge in [-0.3, -0.25) is 9.52 Å². The number of nitrogens with zero attached hydrogens (tertiary/aromatic N) is 2. The third-order valence-corrected chi connectivity index (χ3v) is 9.34. The van der Waals surface area contributed by atoms with Crippen LogP contribution < -0.4 is 14.8 Å². The largest absolute Gasteiger partial charge is 0.480 e. The fourth-order valence-electron chi connectivity index (χ4n) is 4.48. The first-order valence-electron chi connectivity index (χ1n) is 12.4. The summed E-state index contributed by atoms with van der Waals surface area (Å²) in [6, 6.07) is 8.13. The van der Waals surface area contributed by atoms with Crippen LogP contribution in [-0.2, 0) is 19.6 Å². The number of thiazole rings is 1. The Balaban J connectivity index is 1.47. The molecule has 1 fully saturated rings. The number of para-hydroxylation sites is 1. The zero-order valence-corrected chi connectivity index (χ0v) is 23.9. The number of carbonyl (C=O) groups excluding carboxylic acids is 1. The number of sulfonamides is 1. The molecule has 1 aromatic carbocycles. The minimum atomic E-state index is -4.04. The molecule has 0 saturated heterocycles. The van der Waals surface area contributed by atoms with Crippen LogP contribution in [0.3, 0.4) is 0 Å². The highest BCUT2D eigenvalue weighted by atomic mass is 35.5. The Morgan fingerprint density at radius 2 is 1.95 bits per heavy atom.